The molecule has 0 radical (unpaired) electrons. The minimum absolute atomic E-state index is 0.390. The molecule has 0 saturated carbocycles. The Kier molecular flexibility index (Phi) is 2.69. The minimum Gasteiger partial charge on any atom is -0.469 e. The lowest BCUT2D eigenvalue weighted by Crippen LogP contribution is -2.04. The van der Waals surface area contributed by atoms with Crippen LogP contribution in [0.1, 0.15) is 5.76 Å². The number of anilines is 1. The van der Waals surface area contributed by atoms with Gasteiger partial charge in [-0.3, -0.25) is 9.38 Å². The number of nitrogen functional groups attached to an aromatic ring is 1. The van der Waals surface area contributed by atoms with Gasteiger partial charge in [-0.1, -0.05) is 0 Å². The third-order valence-electron chi connectivity index (χ3n) is 3.66. The number of nitrogens with two attached hydrogens (primary N) is 1. The standard InChI is InChI=1S/C16H13N5O/c1-10-12(4-9-22-10)14-13(11-2-5-18-6-3-11)15-19-7-8-21(15)16(17)20-14/h2-9H,1H3,(H2,17,20). The zero-order valence-electron chi connectivity index (χ0n) is 11.9. The first-order valence-corrected chi connectivity index (χ1v) is 6.83. The maximum atomic E-state index is 6.07. The normalized spacial score (nSPS) is 11.1. The summed E-state index contributed by atoms with van der Waals surface area (Å²) in [5, 5.41) is 0. The molecule has 0 unspecified atom stereocenters. The molecule has 22 heavy (non-hydrogen) atoms. The monoisotopic (exact) mass is 291 g/mol. The fourth-order valence-corrected chi connectivity index (χ4v) is 2.61. The van der Waals surface area contributed by atoms with E-state index in [2.05, 4.69) is 15.0 Å². The lowest BCUT2D eigenvalue weighted by molar-refractivity contribution is 0.535. The Morgan fingerprint density at radius 2 is 1.95 bits per heavy atom. The number of fused-ring (bicyclic) bond motifs is 1. The average molecular weight is 291 g/mol. The van der Waals surface area contributed by atoms with Gasteiger partial charge in [0.25, 0.3) is 0 Å². The van der Waals surface area contributed by atoms with Gasteiger partial charge in [-0.25, -0.2) is 9.97 Å². The van der Waals surface area contributed by atoms with Gasteiger partial charge in [-0.2, -0.15) is 0 Å². The second kappa shape index (κ2) is 4.70. The van der Waals surface area contributed by atoms with Gasteiger partial charge in [-0.15, -0.1) is 0 Å². The fraction of sp³-hybridized carbons (Fsp3) is 0.0625. The Hall–Kier alpha value is -3.15. The number of aryl methyl sites for hydroxylation is 1. The molecule has 6 heteroatoms. The topological polar surface area (TPSA) is 82.2 Å². The molecule has 0 fully saturated rings. The number of pyridine rings is 1. The highest BCUT2D eigenvalue weighted by Crippen LogP contribution is 2.36. The lowest BCUT2D eigenvalue weighted by atomic mass is 10.0. The summed E-state index contributed by atoms with van der Waals surface area (Å²) in [5.41, 5.74) is 10.4. The van der Waals surface area contributed by atoms with Crippen LogP contribution in [0.15, 0.2) is 53.7 Å². The van der Waals surface area contributed by atoms with E-state index in [1.807, 2.05) is 25.1 Å². The zero-order chi connectivity index (χ0) is 15.1. The summed E-state index contributed by atoms with van der Waals surface area (Å²) in [4.78, 5) is 13.1. The van der Waals surface area contributed by atoms with Crippen LogP contribution in [0.25, 0.3) is 28.0 Å². The van der Waals surface area contributed by atoms with Gasteiger partial charge in [0.05, 0.1) is 17.5 Å². The number of aromatic nitrogens is 4. The SMILES string of the molecule is Cc1occc1-c1nc(N)n2ccnc2c1-c1ccncc1. The summed E-state index contributed by atoms with van der Waals surface area (Å²) in [5.74, 6) is 1.18. The van der Waals surface area contributed by atoms with Gasteiger partial charge in [-0.05, 0) is 30.7 Å². The van der Waals surface area contributed by atoms with Crippen molar-refractivity contribution < 1.29 is 4.42 Å². The summed E-state index contributed by atoms with van der Waals surface area (Å²) >= 11 is 0. The fourth-order valence-electron chi connectivity index (χ4n) is 2.61. The Bertz CT molecular complexity index is 955. The third-order valence-corrected chi connectivity index (χ3v) is 3.66. The molecule has 0 spiro atoms. The van der Waals surface area contributed by atoms with Crippen molar-refractivity contribution in [1.82, 2.24) is 19.4 Å². The van der Waals surface area contributed by atoms with Crippen molar-refractivity contribution >= 4 is 11.6 Å². The number of hydrogen-bond acceptors (Lipinski definition) is 5. The van der Waals surface area contributed by atoms with Crippen LogP contribution >= 0.6 is 0 Å². The van der Waals surface area contributed by atoms with Crippen molar-refractivity contribution in [2.24, 2.45) is 0 Å². The van der Waals surface area contributed by atoms with Gasteiger partial charge < -0.3 is 10.2 Å². The highest BCUT2D eigenvalue weighted by Gasteiger charge is 2.19. The molecule has 4 aromatic heterocycles. The maximum absolute atomic E-state index is 6.07. The van der Waals surface area contributed by atoms with Crippen LogP contribution in [-0.2, 0) is 0 Å². The molecular weight excluding hydrogens is 278 g/mol. The van der Waals surface area contributed by atoms with E-state index in [9.17, 15) is 0 Å². The van der Waals surface area contributed by atoms with Crippen molar-refractivity contribution in [2.75, 3.05) is 5.73 Å². The van der Waals surface area contributed by atoms with Crippen LogP contribution in [0.2, 0.25) is 0 Å². The Morgan fingerprint density at radius 1 is 1.14 bits per heavy atom. The molecular formula is C16H13N5O. The average Bonchev–Trinajstić information content (AvgIpc) is 3.17. The number of imidazole rings is 1. The molecule has 0 aliphatic rings. The maximum Gasteiger partial charge on any atom is 0.206 e. The highest BCUT2D eigenvalue weighted by atomic mass is 16.3. The van der Waals surface area contributed by atoms with Crippen LogP contribution in [0.3, 0.4) is 0 Å². The molecule has 4 rings (SSSR count). The number of rotatable bonds is 2. The van der Waals surface area contributed by atoms with Crippen LogP contribution in [-0.4, -0.2) is 19.4 Å². The van der Waals surface area contributed by atoms with Crippen molar-refractivity contribution in [3.05, 3.63) is 55.0 Å². The third kappa shape index (κ3) is 1.77. The Balaban J connectivity index is 2.14. The van der Waals surface area contributed by atoms with Crippen molar-refractivity contribution in [2.45, 2.75) is 6.92 Å². The molecule has 108 valence electrons. The molecule has 0 aromatic carbocycles. The molecule has 4 aromatic rings. The van der Waals surface area contributed by atoms with Gasteiger partial charge in [0.1, 0.15) is 11.4 Å². The van der Waals surface area contributed by atoms with E-state index in [4.69, 9.17) is 10.2 Å². The number of nitrogens with zero attached hydrogens (tertiary/aromatic N) is 4. The zero-order valence-corrected chi connectivity index (χ0v) is 11.9. The van der Waals surface area contributed by atoms with E-state index in [1.165, 1.54) is 0 Å². The molecule has 0 saturated heterocycles. The van der Waals surface area contributed by atoms with Gasteiger partial charge in [0.15, 0.2) is 0 Å². The predicted molar refractivity (Wildman–Crippen MR) is 83.1 cm³/mol. The summed E-state index contributed by atoms with van der Waals surface area (Å²) in [7, 11) is 0. The quantitative estimate of drug-likeness (QED) is 0.614. The molecule has 0 atom stereocenters. The van der Waals surface area contributed by atoms with E-state index in [0.717, 1.165) is 33.8 Å². The van der Waals surface area contributed by atoms with Crippen LogP contribution in [0.4, 0.5) is 5.95 Å². The second-order valence-corrected chi connectivity index (χ2v) is 4.94. The van der Waals surface area contributed by atoms with Crippen LogP contribution in [0.5, 0.6) is 0 Å². The molecule has 0 aliphatic carbocycles. The summed E-state index contributed by atoms with van der Waals surface area (Å²) in [6.07, 6.45) is 8.65. The smallest absolute Gasteiger partial charge is 0.206 e. The minimum atomic E-state index is 0.390. The second-order valence-electron chi connectivity index (χ2n) is 4.94. The van der Waals surface area contributed by atoms with Gasteiger partial charge >= 0.3 is 0 Å². The molecule has 0 amide bonds. The Labute approximate surface area is 126 Å². The summed E-state index contributed by atoms with van der Waals surface area (Å²) in [6.45, 7) is 1.90. The highest BCUT2D eigenvalue weighted by molar-refractivity contribution is 5.91. The van der Waals surface area contributed by atoms with E-state index in [0.29, 0.717) is 5.95 Å². The van der Waals surface area contributed by atoms with Crippen LogP contribution in [0, 0.1) is 6.92 Å². The van der Waals surface area contributed by atoms with E-state index >= 15 is 0 Å². The van der Waals surface area contributed by atoms with Gasteiger partial charge in [0, 0.05) is 30.4 Å². The van der Waals surface area contributed by atoms with E-state index in [1.54, 1.807) is 35.5 Å². The predicted octanol–water partition coefficient (Wildman–Crippen LogP) is 2.94. The molecule has 0 bridgehead atoms. The first-order chi connectivity index (χ1) is 10.8. The van der Waals surface area contributed by atoms with Crippen molar-refractivity contribution in [3.8, 4) is 22.4 Å². The van der Waals surface area contributed by atoms with Crippen molar-refractivity contribution in [3.63, 3.8) is 0 Å². The molecule has 0 aliphatic heterocycles. The lowest BCUT2D eigenvalue weighted by Gasteiger charge is -2.12. The summed E-state index contributed by atoms with van der Waals surface area (Å²) < 4.78 is 7.20. The van der Waals surface area contributed by atoms with E-state index in [-0.39, 0.29) is 0 Å². The summed E-state index contributed by atoms with van der Waals surface area (Å²) in [6, 6.07) is 5.75. The largest absolute Gasteiger partial charge is 0.469 e. The first-order valence-electron chi connectivity index (χ1n) is 6.83. The molecule has 4 heterocycles. The number of furan rings is 1. The molecule has 6 nitrogen and oxygen atoms in total. The van der Waals surface area contributed by atoms with Gasteiger partial charge in [0.2, 0.25) is 5.95 Å². The van der Waals surface area contributed by atoms with Crippen LogP contribution < -0.4 is 5.73 Å². The van der Waals surface area contributed by atoms with E-state index < -0.39 is 0 Å². The van der Waals surface area contributed by atoms with Crippen molar-refractivity contribution in [1.29, 1.82) is 0 Å². The number of hydrogen-bond donors (Lipinski definition) is 1. The Morgan fingerprint density at radius 3 is 2.68 bits per heavy atom. The first kappa shape index (κ1) is 12.6. The molecule has 2 N–H and O–H groups in total.